The highest BCUT2D eigenvalue weighted by atomic mass is 16.7. The molecule has 2 rings (SSSR count). The summed E-state index contributed by atoms with van der Waals surface area (Å²) in [4.78, 5) is 5.30. The molecule has 0 aromatic rings. The minimum Gasteiger partial charge on any atom is -0.295 e. The van der Waals surface area contributed by atoms with E-state index in [-0.39, 0.29) is 6.10 Å². The summed E-state index contributed by atoms with van der Waals surface area (Å²) < 4.78 is 0. The highest BCUT2D eigenvalue weighted by molar-refractivity contribution is 4.83. The molecular formula is C7H11NO. The maximum absolute atomic E-state index is 5.56. The molecule has 2 unspecified atom stereocenters. The van der Waals surface area contributed by atoms with Crippen molar-refractivity contribution in [2.75, 3.05) is 6.54 Å². The SMILES string of the molecule is [CH]C1CC2CCCN2O1. The van der Waals surface area contributed by atoms with E-state index in [0.29, 0.717) is 6.04 Å². The molecule has 0 aliphatic carbocycles. The van der Waals surface area contributed by atoms with Crippen LogP contribution in [-0.4, -0.2) is 23.8 Å². The second kappa shape index (κ2) is 1.96. The quantitative estimate of drug-likeness (QED) is 0.476. The fourth-order valence-electron chi connectivity index (χ4n) is 1.67. The topological polar surface area (TPSA) is 12.5 Å². The third-order valence-electron chi connectivity index (χ3n) is 2.10. The maximum Gasteiger partial charge on any atom is 0.0844 e. The summed E-state index contributed by atoms with van der Waals surface area (Å²) in [7, 11) is 0. The number of rotatable bonds is 0. The molecule has 2 nitrogen and oxygen atoms in total. The molecule has 2 heterocycles. The summed E-state index contributed by atoms with van der Waals surface area (Å²) in [5, 5.41) is 2.03. The van der Waals surface area contributed by atoms with Gasteiger partial charge in [0.05, 0.1) is 6.10 Å². The fourth-order valence-corrected chi connectivity index (χ4v) is 1.67. The number of hydrogen-bond donors (Lipinski definition) is 0. The Balaban J connectivity index is 2.02. The van der Waals surface area contributed by atoms with E-state index >= 15 is 0 Å². The van der Waals surface area contributed by atoms with Crippen molar-refractivity contribution in [3.05, 3.63) is 6.92 Å². The standard InChI is InChI=1S/C7H11NO/c1-6-5-7-3-2-4-8(7)9-6/h1,6-7H,2-5H2. The Kier molecular flexibility index (Phi) is 1.24. The minimum absolute atomic E-state index is 0.0182. The monoisotopic (exact) mass is 125 g/mol. The Labute approximate surface area is 55.7 Å². The van der Waals surface area contributed by atoms with Crippen molar-refractivity contribution in [3.8, 4) is 0 Å². The van der Waals surface area contributed by atoms with Crippen LogP contribution in [0, 0.1) is 6.92 Å². The van der Waals surface area contributed by atoms with Crippen LogP contribution in [-0.2, 0) is 4.84 Å². The molecule has 0 aromatic carbocycles. The van der Waals surface area contributed by atoms with Crippen LogP contribution in [0.25, 0.3) is 0 Å². The van der Waals surface area contributed by atoms with Crippen LogP contribution in [0.4, 0.5) is 0 Å². The molecule has 0 amide bonds. The first kappa shape index (κ1) is 5.69. The molecule has 0 saturated carbocycles. The Morgan fingerprint density at radius 1 is 1.56 bits per heavy atom. The van der Waals surface area contributed by atoms with Crippen molar-refractivity contribution in [3.63, 3.8) is 0 Å². The second-order valence-electron chi connectivity index (χ2n) is 2.82. The average molecular weight is 125 g/mol. The van der Waals surface area contributed by atoms with Crippen molar-refractivity contribution in [2.24, 2.45) is 0 Å². The van der Waals surface area contributed by atoms with Crippen molar-refractivity contribution in [1.29, 1.82) is 0 Å². The van der Waals surface area contributed by atoms with Crippen molar-refractivity contribution < 1.29 is 4.84 Å². The van der Waals surface area contributed by atoms with Crippen LogP contribution in [0.1, 0.15) is 19.3 Å². The number of nitrogens with zero attached hydrogens (tertiary/aromatic N) is 1. The van der Waals surface area contributed by atoms with Gasteiger partial charge < -0.3 is 0 Å². The normalized spacial score (nSPS) is 43.7. The number of hydroxylamine groups is 2. The van der Waals surface area contributed by atoms with Gasteiger partial charge in [0, 0.05) is 12.6 Å². The molecule has 2 atom stereocenters. The van der Waals surface area contributed by atoms with E-state index in [4.69, 9.17) is 11.8 Å². The van der Waals surface area contributed by atoms with Gasteiger partial charge >= 0.3 is 0 Å². The Morgan fingerprint density at radius 3 is 3.22 bits per heavy atom. The first-order valence-corrected chi connectivity index (χ1v) is 3.55. The Hall–Kier alpha value is -0.0800. The minimum atomic E-state index is -0.0182. The summed E-state index contributed by atoms with van der Waals surface area (Å²) in [6.07, 6.45) is 3.56. The third kappa shape index (κ3) is 0.864. The van der Waals surface area contributed by atoms with Gasteiger partial charge in [-0.05, 0) is 26.2 Å². The third-order valence-corrected chi connectivity index (χ3v) is 2.10. The van der Waals surface area contributed by atoms with Crippen molar-refractivity contribution >= 4 is 0 Å². The molecule has 0 N–H and O–H groups in total. The molecule has 2 aliphatic rings. The van der Waals surface area contributed by atoms with Crippen molar-refractivity contribution in [1.82, 2.24) is 5.06 Å². The molecule has 2 radical (unpaired) electrons. The molecule has 2 saturated heterocycles. The first-order chi connectivity index (χ1) is 4.36. The second-order valence-corrected chi connectivity index (χ2v) is 2.82. The Morgan fingerprint density at radius 2 is 2.44 bits per heavy atom. The predicted octanol–water partition coefficient (Wildman–Crippen LogP) is 0.866. The van der Waals surface area contributed by atoms with Crippen LogP contribution in [0.2, 0.25) is 0 Å². The zero-order valence-electron chi connectivity index (χ0n) is 5.42. The van der Waals surface area contributed by atoms with Gasteiger partial charge in [0.2, 0.25) is 0 Å². The number of hydrogen-bond acceptors (Lipinski definition) is 2. The number of fused-ring (bicyclic) bond motifs is 1. The van der Waals surface area contributed by atoms with Gasteiger partial charge in [-0.3, -0.25) is 4.84 Å². The van der Waals surface area contributed by atoms with E-state index in [1.807, 2.05) is 5.06 Å². The summed E-state index contributed by atoms with van der Waals surface area (Å²) in [5.41, 5.74) is 0. The van der Waals surface area contributed by atoms with E-state index in [2.05, 4.69) is 0 Å². The van der Waals surface area contributed by atoms with Gasteiger partial charge in [-0.1, -0.05) is 0 Å². The molecule has 0 bridgehead atoms. The van der Waals surface area contributed by atoms with Gasteiger partial charge in [-0.15, -0.1) is 0 Å². The lowest BCUT2D eigenvalue weighted by Gasteiger charge is -2.11. The van der Waals surface area contributed by atoms with E-state index in [1.165, 1.54) is 12.8 Å². The molecule has 0 aromatic heterocycles. The van der Waals surface area contributed by atoms with Crippen LogP contribution in [0.5, 0.6) is 0 Å². The molecule has 2 fully saturated rings. The smallest absolute Gasteiger partial charge is 0.0844 e. The van der Waals surface area contributed by atoms with Gasteiger partial charge in [0.1, 0.15) is 0 Å². The highest BCUT2D eigenvalue weighted by Gasteiger charge is 2.34. The summed E-state index contributed by atoms with van der Waals surface area (Å²) in [6.45, 7) is 6.64. The summed E-state index contributed by atoms with van der Waals surface area (Å²) in [5.74, 6) is 0. The lowest BCUT2D eigenvalue weighted by atomic mass is 10.1. The Bertz CT molecular complexity index is 103. The summed E-state index contributed by atoms with van der Waals surface area (Å²) >= 11 is 0. The van der Waals surface area contributed by atoms with Gasteiger partial charge in [0.15, 0.2) is 0 Å². The largest absolute Gasteiger partial charge is 0.295 e. The van der Waals surface area contributed by atoms with Crippen LogP contribution in [0.15, 0.2) is 0 Å². The van der Waals surface area contributed by atoms with Crippen LogP contribution in [0.3, 0.4) is 0 Å². The lowest BCUT2D eigenvalue weighted by Crippen LogP contribution is -2.20. The van der Waals surface area contributed by atoms with E-state index in [0.717, 1.165) is 13.0 Å². The lowest BCUT2D eigenvalue weighted by molar-refractivity contribution is -0.135. The molecule has 2 heteroatoms. The van der Waals surface area contributed by atoms with E-state index < -0.39 is 0 Å². The molecule has 9 heavy (non-hydrogen) atoms. The average Bonchev–Trinajstić information content (AvgIpc) is 2.22. The molecular weight excluding hydrogens is 114 g/mol. The van der Waals surface area contributed by atoms with Crippen LogP contribution < -0.4 is 0 Å². The van der Waals surface area contributed by atoms with Gasteiger partial charge in [-0.2, -0.15) is 5.06 Å². The molecule has 50 valence electrons. The zero-order valence-corrected chi connectivity index (χ0v) is 5.42. The first-order valence-electron chi connectivity index (χ1n) is 3.55. The molecule has 0 spiro atoms. The fraction of sp³-hybridized carbons (Fsp3) is 0.857. The maximum atomic E-state index is 5.56. The van der Waals surface area contributed by atoms with Crippen molar-refractivity contribution in [2.45, 2.75) is 31.4 Å². The predicted molar refractivity (Wildman–Crippen MR) is 33.5 cm³/mol. The van der Waals surface area contributed by atoms with E-state index in [1.54, 1.807) is 0 Å². The van der Waals surface area contributed by atoms with Crippen LogP contribution >= 0.6 is 0 Å². The van der Waals surface area contributed by atoms with Gasteiger partial charge in [0.25, 0.3) is 0 Å². The highest BCUT2D eigenvalue weighted by Crippen LogP contribution is 2.29. The van der Waals surface area contributed by atoms with E-state index in [9.17, 15) is 0 Å². The summed E-state index contributed by atoms with van der Waals surface area (Å²) in [6, 6.07) is 0.639. The zero-order chi connectivity index (χ0) is 6.27. The molecule has 2 aliphatic heterocycles. The van der Waals surface area contributed by atoms with Gasteiger partial charge in [-0.25, -0.2) is 0 Å².